The van der Waals surface area contributed by atoms with Crippen molar-refractivity contribution >= 4 is 23.2 Å². The molecule has 1 aliphatic rings. The van der Waals surface area contributed by atoms with Crippen LogP contribution in [0.4, 0.5) is 0 Å². The summed E-state index contributed by atoms with van der Waals surface area (Å²) in [6.45, 7) is 5.74. The van der Waals surface area contributed by atoms with Gasteiger partial charge in [-0.25, -0.2) is 4.98 Å². The van der Waals surface area contributed by atoms with Crippen LogP contribution < -0.4 is 5.73 Å². The topological polar surface area (TPSA) is 79.5 Å². The highest BCUT2D eigenvalue weighted by molar-refractivity contribution is 7.11. The van der Waals surface area contributed by atoms with Crippen molar-refractivity contribution in [3.8, 4) is 0 Å². The van der Waals surface area contributed by atoms with Gasteiger partial charge in [0.1, 0.15) is 0 Å². The number of amides is 2. The molecule has 2 N–H and O–H groups in total. The molecule has 6 nitrogen and oxygen atoms in total. The number of likely N-dealkylation sites (tertiary alicyclic amines) is 1. The first kappa shape index (κ1) is 16.9. The summed E-state index contributed by atoms with van der Waals surface area (Å²) in [4.78, 5) is 33.1. The molecule has 0 aromatic carbocycles. The number of hydrogen-bond acceptors (Lipinski definition) is 5. The summed E-state index contributed by atoms with van der Waals surface area (Å²) in [5.41, 5.74) is 5.38. The summed E-state index contributed by atoms with van der Waals surface area (Å²) < 4.78 is 0. The van der Waals surface area contributed by atoms with Gasteiger partial charge < -0.3 is 10.6 Å². The standard InChI is InChI=1S/C15H24N4O2S/c1-10(18(3)9-13-7-17-11(2)22-13)15(21)19-6-4-5-12(8-19)14(16)20/h7,10,12H,4-6,8-9H2,1-3H3,(H2,16,20)/t10-,12-/m0/s1. The average Bonchev–Trinajstić information content (AvgIpc) is 2.90. The van der Waals surface area contributed by atoms with Crippen LogP contribution in [0.2, 0.25) is 0 Å². The zero-order valence-corrected chi connectivity index (χ0v) is 14.2. The third-order valence-electron chi connectivity index (χ3n) is 4.23. The molecule has 2 rings (SSSR count). The number of rotatable bonds is 5. The number of aryl methyl sites for hydroxylation is 1. The zero-order chi connectivity index (χ0) is 16.3. The lowest BCUT2D eigenvalue weighted by Gasteiger charge is -2.35. The van der Waals surface area contributed by atoms with E-state index in [0.717, 1.165) is 22.7 Å². The average molecular weight is 324 g/mol. The minimum absolute atomic E-state index is 0.0645. The SMILES string of the molecule is Cc1ncc(CN(C)[C@@H](C)C(=O)N2CCC[C@H](C(N)=O)C2)s1. The molecule has 1 aromatic rings. The number of piperidine rings is 1. The summed E-state index contributed by atoms with van der Waals surface area (Å²) in [5.74, 6) is -0.451. The molecule has 1 fully saturated rings. The van der Waals surface area contributed by atoms with E-state index < -0.39 is 0 Å². The molecule has 1 aliphatic heterocycles. The molecule has 0 unspecified atom stereocenters. The van der Waals surface area contributed by atoms with Gasteiger partial charge in [0.05, 0.1) is 17.0 Å². The van der Waals surface area contributed by atoms with Gasteiger partial charge in [0, 0.05) is 30.7 Å². The van der Waals surface area contributed by atoms with E-state index in [9.17, 15) is 9.59 Å². The second kappa shape index (κ2) is 7.19. The lowest BCUT2D eigenvalue weighted by Crippen LogP contribution is -2.50. The van der Waals surface area contributed by atoms with Gasteiger partial charge >= 0.3 is 0 Å². The number of likely N-dealkylation sites (N-methyl/N-ethyl adjacent to an activating group) is 1. The highest BCUT2D eigenvalue weighted by Gasteiger charge is 2.30. The van der Waals surface area contributed by atoms with Crippen molar-refractivity contribution in [2.45, 2.75) is 39.3 Å². The van der Waals surface area contributed by atoms with Gasteiger partial charge in [-0.2, -0.15) is 0 Å². The minimum Gasteiger partial charge on any atom is -0.369 e. The van der Waals surface area contributed by atoms with Crippen LogP contribution in [-0.2, 0) is 16.1 Å². The first-order valence-electron chi connectivity index (χ1n) is 7.58. The van der Waals surface area contributed by atoms with Crippen molar-refractivity contribution in [2.24, 2.45) is 11.7 Å². The largest absolute Gasteiger partial charge is 0.369 e. The highest BCUT2D eigenvalue weighted by atomic mass is 32.1. The number of aromatic nitrogens is 1. The van der Waals surface area contributed by atoms with E-state index in [1.54, 1.807) is 16.2 Å². The highest BCUT2D eigenvalue weighted by Crippen LogP contribution is 2.19. The number of carbonyl (C=O) groups excluding carboxylic acids is 2. The molecule has 0 aliphatic carbocycles. The second-order valence-electron chi connectivity index (χ2n) is 5.96. The maximum Gasteiger partial charge on any atom is 0.239 e. The predicted molar refractivity (Wildman–Crippen MR) is 86.3 cm³/mol. The third-order valence-corrected chi connectivity index (χ3v) is 5.13. The van der Waals surface area contributed by atoms with Crippen LogP contribution >= 0.6 is 11.3 Å². The number of nitrogens with zero attached hydrogens (tertiary/aromatic N) is 3. The Bertz CT molecular complexity index is 545. The van der Waals surface area contributed by atoms with Crippen LogP contribution in [0.3, 0.4) is 0 Å². The molecular formula is C15H24N4O2S. The van der Waals surface area contributed by atoms with Gasteiger partial charge in [0.25, 0.3) is 0 Å². The van der Waals surface area contributed by atoms with Gasteiger partial charge in [0.15, 0.2) is 0 Å². The monoisotopic (exact) mass is 324 g/mol. The van der Waals surface area contributed by atoms with E-state index in [1.807, 2.05) is 32.0 Å². The Hall–Kier alpha value is -1.47. The summed E-state index contributed by atoms with van der Waals surface area (Å²) in [5, 5.41) is 1.03. The molecule has 2 heterocycles. The van der Waals surface area contributed by atoms with E-state index in [2.05, 4.69) is 4.98 Å². The Balaban J connectivity index is 1.94. The van der Waals surface area contributed by atoms with Gasteiger partial charge in [-0.3, -0.25) is 14.5 Å². The molecule has 7 heteroatoms. The van der Waals surface area contributed by atoms with Crippen LogP contribution in [-0.4, -0.2) is 52.8 Å². The fraction of sp³-hybridized carbons (Fsp3) is 0.667. The molecule has 22 heavy (non-hydrogen) atoms. The van der Waals surface area contributed by atoms with Crippen LogP contribution in [0.5, 0.6) is 0 Å². The van der Waals surface area contributed by atoms with E-state index >= 15 is 0 Å². The summed E-state index contributed by atoms with van der Waals surface area (Å²) in [6.07, 6.45) is 3.48. The predicted octanol–water partition coefficient (Wildman–Crippen LogP) is 0.996. The van der Waals surface area contributed by atoms with Gasteiger partial charge in [-0.1, -0.05) is 0 Å². The molecule has 122 valence electrons. The number of hydrogen-bond donors (Lipinski definition) is 1. The smallest absolute Gasteiger partial charge is 0.239 e. The normalized spacial score (nSPS) is 20.2. The molecule has 0 saturated carbocycles. The summed E-state index contributed by atoms with van der Waals surface area (Å²) >= 11 is 1.65. The molecular weight excluding hydrogens is 300 g/mol. The summed E-state index contributed by atoms with van der Waals surface area (Å²) in [7, 11) is 1.94. The van der Waals surface area contributed by atoms with Crippen LogP contribution in [0.1, 0.15) is 29.7 Å². The third kappa shape index (κ3) is 4.04. The van der Waals surface area contributed by atoms with E-state index in [1.165, 1.54) is 0 Å². The van der Waals surface area contributed by atoms with Crippen molar-refractivity contribution in [1.29, 1.82) is 0 Å². The fourth-order valence-electron chi connectivity index (χ4n) is 2.72. The van der Waals surface area contributed by atoms with Gasteiger partial charge in [-0.05, 0) is 33.7 Å². The van der Waals surface area contributed by atoms with Crippen molar-refractivity contribution < 1.29 is 9.59 Å². The summed E-state index contributed by atoms with van der Waals surface area (Å²) in [6, 6.07) is -0.228. The Morgan fingerprint density at radius 1 is 1.59 bits per heavy atom. The maximum atomic E-state index is 12.6. The lowest BCUT2D eigenvalue weighted by atomic mass is 9.97. The maximum absolute atomic E-state index is 12.6. The number of nitrogens with two attached hydrogens (primary N) is 1. The Morgan fingerprint density at radius 2 is 2.32 bits per heavy atom. The molecule has 1 saturated heterocycles. The minimum atomic E-state index is -0.307. The van der Waals surface area contributed by atoms with Crippen LogP contribution in [0.15, 0.2) is 6.20 Å². The molecule has 2 amide bonds. The van der Waals surface area contributed by atoms with E-state index in [-0.39, 0.29) is 23.8 Å². The lowest BCUT2D eigenvalue weighted by molar-refractivity contribution is -0.139. The molecule has 2 atom stereocenters. The van der Waals surface area contributed by atoms with E-state index in [4.69, 9.17) is 5.73 Å². The van der Waals surface area contributed by atoms with Crippen LogP contribution in [0, 0.1) is 12.8 Å². The Kier molecular flexibility index (Phi) is 5.52. The second-order valence-corrected chi connectivity index (χ2v) is 7.28. The fourth-order valence-corrected chi connectivity index (χ4v) is 3.58. The van der Waals surface area contributed by atoms with E-state index in [0.29, 0.717) is 19.6 Å². The quantitative estimate of drug-likeness (QED) is 0.876. The first-order chi connectivity index (χ1) is 10.4. The molecule has 1 aromatic heterocycles. The van der Waals surface area contributed by atoms with Crippen molar-refractivity contribution in [3.63, 3.8) is 0 Å². The van der Waals surface area contributed by atoms with Crippen molar-refractivity contribution in [2.75, 3.05) is 20.1 Å². The number of thiazole rings is 1. The van der Waals surface area contributed by atoms with Crippen LogP contribution in [0.25, 0.3) is 0 Å². The molecule has 0 radical (unpaired) electrons. The zero-order valence-electron chi connectivity index (χ0n) is 13.4. The Morgan fingerprint density at radius 3 is 2.91 bits per heavy atom. The number of primary amides is 1. The van der Waals surface area contributed by atoms with Crippen molar-refractivity contribution in [3.05, 3.63) is 16.1 Å². The Labute approximate surface area is 135 Å². The van der Waals surface area contributed by atoms with Crippen molar-refractivity contribution in [1.82, 2.24) is 14.8 Å². The number of carbonyl (C=O) groups is 2. The molecule has 0 bridgehead atoms. The molecule has 0 spiro atoms. The first-order valence-corrected chi connectivity index (χ1v) is 8.39. The van der Waals surface area contributed by atoms with Gasteiger partial charge in [0.2, 0.25) is 11.8 Å². The van der Waals surface area contributed by atoms with Gasteiger partial charge in [-0.15, -0.1) is 11.3 Å².